The summed E-state index contributed by atoms with van der Waals surface area (Å²) in [6.45, 7) is 3.97. The summed E-state index contributed by atoms with van der Waals surface area (Å²) < 4.78 is 21.1. The Bertz CT molecular complexity index is 1210. The molecule has 148 valence electrons. The third kappa shape index (κ3) is 3.98. The number of halogens is 1. The van der Waals surface area contributed by atoms with Crippen molar-refractivity contribution in [1.82, 2.24) is 0 Å². The van der Waals surface area contributed by atoms with Gasteiger partial charge in [-0.05, 0) is 60.9 Å². The Balaban J connectivity index is 1.50. The van der Waals surface area contributed by atoms with Crippen LogP contribution in [0, 0.1) is 13.8 Å². The van der Waals surface area contributed by atoms with E-state index >= 15 is 0 Å². The lowest BCUT2D eigenvalue weighted by Gasteiger charge is -2.08. The van der Waals surface area contributed by atoms with Crippen molar-refractivity contribution in [2.75, 3.05) is 6.79 Å². The van der Waals surface area contributed by atoms with Crippen LogP contribution in [0.5, 0.6) is 11.5 Å². The zero-order valence-corrected chi connectivity index (χ0v) is 16.5. The van der Waals surface area contributed by atoms with Crippen LogP contribution in [0.4, 0.5) is 0 Å². The van der Waals surface area contributed by atoms with Gasteiger partial charge >= 0.3 is 11.6 Å². The molecular formula is C22H17ClO6. The summed E-state index contributed by atoms with van der Waals surface area (Å²) in [7, 11) is 0. The maximum absolute atomic E-state index is 12.2. The number of hydrogen-bond donors (Lipinski definition) is 0. The van der Waals surface area contributed by atoms with Crippen LogP contribution in [-0.2, 0) is 16.1 Å². The molecule has 2 aromatic carbocycles. The average Bonchev–Trinajstić information content (AvgIpc) is 3.15. The van der Waals surface area contributed by atoms with Crippen molar-refractivity contribution in [1.29, 1.82) is 0 Å². The van der Waals surface area contributed by atoms with Crippen molar-refractivity contribution >= 4 is 34.6 Å². The molecule has 4 rings (SSSR count). The summed E-state index contributed by atoms with van der Waals surface area (Å²) in [5.41, 5.74) is 3.31. The van der Waals surface area contributed by atoms with Gasteiger partial charge in [-0.3, -0.25) is 0 Å². The molecule has 0 N–H and O–H groups in total. The molecule has 0 bridgehead atoms. The van der Waals surface area contributed by atoms with Gasteiger partial charge in [-0.25, -0.2) is 9.59 Å². The van der Waals surface area contributed by atoms with Gasteiger partial charge in [-0.15, -0.1) is 0 Å². The van der Waals surface area contributed by atoms with Crippen molar-refractivity contribution in [2.24, 2.45) is 0 Å². The molecule has 2 heterocycles. The highest BCUT2D eigenvalue weighted by Gasteiger charge is 2.17. The largest absolute Gasteiger partial charge is 0.458 e. The third-order valence-corrected chi connectivity index (χ3v) is 4.96. The number of esters is 1. The van der Waals surface area contributed by atoms with E-state index in [1.165, 1.54) is 12.1 Å². The maximum Gasteiger partial charge on any atom is 0.336 e. The van der Waals surface area contributed by atoms with Crippen molar-refractivity contribution in [3.8, 4) is 11.5 Å². The lowest BCUT2D eigenvalue weighted by atomic mass is 10.0. The predicted octanol–water partition coefficient (Wildman–Crippen LogP) is 4.55. The number of carbonyl (C=O) groups excluding carboxylic acids is 1. The van der Waals surface area contributed by atoms with Gasteiger partial charge < -0.3 is 18.6 Å². The van der Waals surface area contributed by atoms with Gasteiger partial charge in [-0.2, -0.15) is 0 Å². The van der Waals surface area contributed by atoms with E-state index in [1.54, 1.807) is 24.3 Å². The molecule has 0 saturated heterocycles. The summed E-state index contributed by atoms with van der Waals surface area (Å²) >= 11 is 6.13. The minimum absolute atomic E-state index is 0.0460. The van der Waals surface area contributed by atoms with Crippen LogP contribution in [0.3, 0.4) is 0 Å². The molecule has 29 heavy (non-hydrogen) atoms. The SMILES string of the molecule is Cc1cc2oc(=O)cc(COC(=O)/C=C/c3cc(Cl)c4c(c3)OCO4)c2cc1C. The van der Waals surface area contributed by atoms with Crippen LogP contribution in [-0.4, -0.2) is 12.8 Å². The Kier molecular flexibility index (Phi) is 5.03. The number of benzene rings is 2. The van der Waals surface area contributed by atoms with E-state index < -0.39 is 11.6 Å². The maximum atomic E-state index is 12.2. The molecule has 0 saturated carbocycles. The zero-order chi connectivity index (χ0) is 20.5. The smallest absolute Gasteiger partial charge is 0.336 e. The molecule has 0 atom stereocenters. The second kappa shape index (κ2) is 7.64. The van der Waals surface area contributed by atoms with Gasteiger partial charge in [0, 0.05) is 23.1 Å². The fourth-order valence-electron chi connectivity index (χ4n) is 3.05. The minimum Gasteiger partial charge on any atom is -0.458 e. The van der Waals surface area contributed by atoms with Gasteiger partial charge in [-0.1, -0.05) is 11.6 Å². The van der Waals surface area contributed by atoms with Crippen LogP contribution in [0.25, 0.3) is 17.0 Å². The lowest BCUT2D eigenvalue weighted by molar-refractivity contribution is -0.138. The van der Waals surface area contributed by atoms with Crippen molar-refractivity contribution < 1.29 is 23.4 Å². The molecule has 0 spiro atoms. The zero-order valence-electron chi connectivity index (χ0n) is 15.8. The van der Waals surface area contributed by atoms with E-state index in [9.17, 15) is 9.59 Å². The minimum atomic E-state index is -0.552. The van der Waals surface area contributed by atoms with Crippen molar-refractivity contribution in [3.05, 3.63) is 74.1 Å². The molecule has 7 heteroatoms. The van der Waals surface area contributed by atoms with Crippen LogP contribution in [0.2, 0.25) is 5.02 Å². The van der Waals surface area contributed by atoms with E-state index in [2.05, 4.69) is 0 Å². The third-order valence-electron chi connectivity index (χ3n) is 4.68. The first-order chi connectivity index (χ1) is 13.9. The second-order valence-corrected chi connectivity index (χ2v) is 7.11. The van der Waals surface area contributed by atoms with Crippen LogP contribution >= 0.6 is 11.6 Å². The standard InChI is InChI=1S/C22H17ClO6/c1-12-5-16-15(9-21(25)29-18(16)6-13(12)2)10-26-20(24)4-3-14-7-17(23)22-19(8-14)27-11-28-22/h3-9H,10-11H2,1-2H3/b4-3+. The number of ether oxygens (including phenoxy) is 3. The molecule has 1 aliphatic heterocycles. The molecule has 1 aliphatic rings. The van der Waals surface area contributed by atoms with E-state index in [4.69, 9.17) is 30.2 Å². The van der Waals surface area contributed by atoms with Crippen molar-refractivity contribution in [2.45, 2.75) is 20.5 Å². The number of fused-ring (bicyclic) bond motifs is 2. The van der Waals surface area contributed by atoms with E-state index in [0.717, 1.165) is 16.5 Å². The van der Waals surface area contributed by atoms with Gasteiger partial charge in [0.15, 0.2) is 11.5 Å². The number of carbonyl (C=O) groups is 1. The monoisotopic (exact) mass is 412 g/mol. The van der Waals surface area contributed by atoms with Crippen LogP contribution < -0.4 is 15.1 Å². The van der Waals surface area contributed by atoms with Crippen LogP contribution in [0.15, 0.2) is 45.6 Å². The Labute approximate surface area is 171 Å². The second-order valence-electron chi connectivity index (χ2n) is 6.70. The summed E-state index contributed by atoms with van der Waals surface area (Å²) in [6, 6.07) is 8.45. The van der Waals surface area contributed by atoms with Gasteiger partial charge in [0.05, 0.1) is 5.02 Å². The molecule has 0 fully saturated rings. The van der Waals surface area contributed by atoms with Gasteiger partial charge in [0.1, 0.15) is 12.2 Å². The van der Waals surface area contributed by atoms with Crippen LogP contribution in [0.1, 0.15) is 22.3 Å². The lowest BCUT2D eigenvalue weighted by Crippen LogP contribution is -2.06. The quantitative estimate of drug-likeness (QED) is 0.355. The first-order valence-electron chi connectivity index (χ1n) is 8.88. The predicted molar refractivity (Wildman–Crippen MR) is 108 cm³/mol. The summed E-state index contributed by atoms with van der Waals surface area (Å²) in [5.74, 6) is 0.467. The number of hydrogen-bond acceptors (Lipinski definition) is 6. The number of rotatable bonds is 4. The van der Waals surface area contributed by atoms with Crippen molar-refractivity contribution in [3.63, 3.8) is 0 Å². The number of aryl methyl sites for hydroxylation is 2. The molecule has 6 nitrogen and oxygen atoms in total. The van der Waals surface area contributed by atoms with E-state index in [0.29, 0.717) is 33.2 Å². The average molecular weight is 413 g/mol. The molecular weight excluding hydrogens is 396 g/mol. The summed E-state index contributed by atoms with van der Waals surface area (Å²) in [5, 5.41) is 1.15. The Hall–Kier alpha value is -3.25. The Morgan fingerprint density at radius 2 is 1.93 bits per heavy atom. The fourth-order valence-corrected chi connectivity index (χ4v) is 3.32. The molecule has 3 aromatic rings. The molecule has 1 aromatic heterocycles. The first kappa shape index (κ1) is 19.1. The highest BCUT2D eigenvalue weighted by molar-refractivity contribution is 6.32. The normalized spacial score (nSPS) is 12.7. The highest BCUT2D eigenvalue weighted by Crippen LogP contribution is 2.40. The molecule has 0 amide bonds. The highest BCUT2D eigenvalue weighted by atomic mass is 35.5. The Morgan fingerprint density at radius 1 is 1.14 bits per heavy atom. The van der Waals surface area contributed by atoms with Gasteiger partial charge in [0.2, 0.25) is 6.79 Å². The first-order valence-corrected chi connectivity index (χ1v) is 9.26. The van der Waals surface area contributed by atoms with E-state index in [1.807, 2.05) is 19.9 Å². The Morgan fingerprint density at radius 3 is 2.76 bits per heavy atom. The molecule has 0 radical (unpaired) electrons. The van der Waals surface area contributed by atoms with E-state index in [-0.39, 0.29) is 13.4 Å². The summed E-state index contributed by atoms with van der Waals surface area (Å²) in [6.07, 6.45) is 2.86. The summed E-state index contributed by atoms with van der Waals surface area (Å²) in [4.78, 5) is 24.0. The fraction of sp³-hybridized carbons (Fsp3) is 0.182. The molecule has 0 aliphatic carbocycles. The molecule has 0 unspecified atom stereocenters. The topological polar surface area (TPSA) is 75.0 Å². The van der Waals surface area contributed by atoms with Gasteiger partial charge in [0.25, 0.3) is 0 Å².